The predicted molar refractivity (Wildman–Crippen MR) is 139 cm³/mol. The first kappa shape index (κ1) is 22.8. The van der Waals surface area contributed by atoms with E-state index in [9.17, 15) is 0 Å². The van der Waals surface area contributed by atoms with E-state index in [4.69, 9.17) is 14.7 Å². The summed E-state index contributed by atoms with van der Waals surface area (Å²) >= 11 is 3.67. The standard InChI is InChI=1S/C25H34N6OS2/c1-17-3-4-20-21(13-17)34-25-23(20)24(27-22(28-25)15-30-9-11-32-12-10-30)31-7-5-29(6-8-31)14-19-16-33-18(2)26-19/h16-17H,3-15H2,1-2H3. The summed E-state index contributed by atoms with van der Waals surface area (Å²) in [5, 5.41) is 4.70. The molecule has 6 rings (SSSR count). The van der Waals surface area contributed by atoms with Gasteiger partial charge in [-0.3, -0.25) is 9.80 Å². The predicted octanol–water partition coefficient (Wildman–Crippen LogP) is 3.74. The van der Waals surface area contributed by atoms with Crippen LogP contribution in [0.2, 0.25) is 0 Å². The van der Waals surface area contributed by atoms with Crippen LogP contribution in [0.5, 0.6) is 0 Å². The summed E-state index contributed by atoms with van der Waals surface area (Å²) in [6.45, 7) is 13.9. The van der Waals surface area contributed by atoms with Gasteiger partial charge in [0.1, 0.15) is 16.5 Å². The molecule has 1 unspecified atom stereocenters. The normalized spacial score (nSPS) is 22.4. The van der Waals surface area contributed by atoms with E-state index in [0.29, 0.717) is 0 Å². The molecule has 7 nitrogen and oxygen atoms in total. The van der Waals surface area contributed by atoms with Crippen LogP contribution in [0.1, 0.15) is 40.3 Å². The Labute approximate surface area is 209 Å². The number of ether oxygens (including phenoxy) is 1. The van der Waals surface area contributed by atoms with E-state index in [1.54, 1.807) is 16.2 Å². The van der Waals surface area contributed by atoms with Crippen molar-refractivity contribution in [2.45, 2.75) is 46.2 Å². The monoisotopic (exact) mass is 498 g/mol. The van der Waals surface area contributed by atoms with Crippen LogP contribution in [0.25, 0.3) is 10.2 Å². The Kier molecular flexibility index (Phi) is 6.55. The third-order valence-corrected chi connectivity index (χ3v) is 9.35. The molecule has 0 N–H and O–H groups in total. The topological polar surface area (TPSA) is 57.6 Å². The molecule has 1 atom stereocenters. The summed E-state index contributed by atoms with van der Waals surface area (Å²) in [5.74, 6) is 2.92. The highest BCUT2D eigenvalue weighted by Gasteiger charge is 2.28. The zero-order valence-corrected chi connectivity index (χ0v) is 21.9. The third-order valence-electron chi connectivity index (χ3n) is 7.38. The number of anilines is 1. The SMILES string of the molecule is Cc1nc(CN2CCN(c3nc(CN4CCOCC4)nc4sc5c(c34)CCC(C)C5)CC2)cs1. The summed E-state index contributed by atoms with van der Waals surface area (Å²) in [5.41, 5.74) is 2.74. The molecule has 182 valence electrons. The second kappa shape index (κ2) is 9.78. The molecule has 2 aliphatic heterocycles. The number of hydrogen-bond donors (Lipinski definition) is 0. The van der Waals surface area contributed by atoms with Gasteiger partial charge in [-0.15, -0.1) is 22.7 Å². The maximum atomic E-state index is 5.55. The minimum Gasteiger partial charge on any atom is -0.379 e. The van der Waals surface area contributed by atoms with Crippen LogP contribution in [0, 0.1) is 12.8 Å². The quantitative estimate of drug-likeness (QED) is 0.531. The van der Waals surface area contributed by atoms with Crippen molar-refractivity contribution in [2.24, 2.45) is 5.92 Å². The molecule has 2 fully saturated rings. The van der Waals surface area contributed by atoms with Gasteiger partial charge < -0.3 is 9.64 Å². The van der Waals surface area contributed by atoms with Crippen LogP contribution < -0.4 is 4.90 Å². The first-order valence-corrected chi connectivity index (χ1v) is 14.3. The van der Waals surface area contributed by atoms with Gasteiger partial charge in [-0.2, -0.15) is 0 Å². The Bertz CT molecular complexity index is 1150. The first-order chi connectivity index (χ1) is 16.6. The highest BCUT2D eigenvalue weighted by atomic mass is 32.1. The van der Waals surface area contributed by atoms with Crippen LogP contribution in [0.4, 0.5) is 5.82 Å². The fourth-order valence-corrected chi connectivity index (χ4v) is 7.45. The Morgan fingerprint density at radius 3 is 2.56 bits per heavy atom. The lowest BCUT2D eigenvalue weighted by atomic mass is 9.89. The Morgan fingerprint density at radius 1 is 1.00 bits per heavy atom. The number of fused-ring (bicyclic) bond motifs is 3. The molecule has 0 bridgehead atoms. The molecule has 0 saturated carbocycles. The van der Waals surface area contributed by atoms with E-state index in [2.05, 4.69) is 38.9 Å². The number of thiophene rings is 1. The molecule has 2 saturated heterocycles. The lowest BCUT2D eigenvalue weighted by Crippen LogP contribution is -2.46. The van der Waals surface area contributed by atoms with Gasteiger partial charge >= 0.3 is 0 Å². The van der Waals surface area contributed by atoms with Gasteiger partial charge in [0.2, 0.25) is 0 Å². The van der Waals surface area contributed by atoms with Gasteiger partial charge in [-0.25, -0.2) is 15.0 Å². The van der Waals surface area contributed by atoms with Gasteiger partial charge in [0, 0.05) is 56.1 Å². The number of piperazine rings is 1. The maximum absolute atomic E-state index is 5.55. The zero-order chi connectivity index (χ0) is 23.1. The first-order valence-electron chi connectivity index (χ1n) is 12.6. The van der Waals surface area contributed by atoms with Gasteiger partial charge in [0.05, 0.1) is 35.8 Å². The van der Waals surface area contributed by atoms with E-state index in [0.717, 1.165) is 82.3 Å². The molecule has 1 aliphatic carbocycles. The van der Waals surface area contributed by atoms with E-state index in [1.165, 1.54) is 46.6 Å². The van der Waals surface area contributed by atoms with Crippen LogP contribution >= 0.6 is 22.7 Å². The fourth-order valence-electron chi connectivity index (χ4n) is 5.45. The Hall–Kier alpha value is -1.65. The number of hydrogen-bond acceptors (Lipinski definition) is 9. The van der Waals surface area contributed by atoms with Crippen molar-refractivity contribution in [1.29, 1.82) is 0 Å². The highest BCUT2D eigenvalue weighted by Crippen LogP contribution is 2.41. The molecule has 5 heterocycles. The molecular weight excluding hydrogens is 464 g/mol. The lowest BCUT2D eigenvalue weighted by molar-refractivity contribution is 0.0331. The lowest BCUT2D eigenvalue weighted by Gasteiger charge is -2.36. The van der Waals surface area contributed by atoms with Crippen molar-refractivity contribution in [3.05, 3.63) is 32.3 Å². The summed E-state index contributed by atoms with van der Waals surface area (Å²) in [6.07, 6.45) is 3.63. The highest BCUT2D eigenvalue weighted by molar-refractivity contribution is 7.19. The molecule has 0 spiro atoms. The summed E-state index contributed by atoms with van der Waals surface area (Å²) in [4.78, 5) is 25.3. The number of thiazole rings is 1. The Morgan fingerprint density at radius 2 is 1.79 bits per heavy atom. The number of nitrogens with zero attached hydrogens (tertiary/aromatic N) is 6. The average Bonchev–Trinajstić information content (AvgIpc) is 3.41. The molecule has 0 radical (unpaired) electrons. The summed E-state index contributed by atoms with van der Waals surface area (Å²) < 4.78 is 5.55. The molecule has 0 aromatic carbocycles. The summed E-state index contributed by atoms with van der Waals surface area (Å²) in [7, 11) is 0. The molecule has 3 aromatic heterocycles. The van der Waals surface area contributed by atoms with Crippen molar-refractivity contribution < 1.29 is 4.74 Å². The number of morpholine rings is 1. The molecule has 0 amide bonds. The number of aryl methyl sites for hydroxylation is 2. The van der Waals surface area contributed by atoms with Crippen LogP contribution in [0.15, 0.2) is 5.38 Å². The van der Waals surface area contributed by atoms with E-state index >= 15 is 0 Å². The van der Waals surface area contributed by atoms with E-state index in [1.807, 2.05) is 11.3 Å². The second-order valence-electron chi connectivity index (χ2n) is 10.0. The summed E-state index contributed by atoms with van der Waals surface area (Å²) in [6, 6.07) is 0. The van der Waals surface area contributed by atoms with Gasteiger partial charge in [0.25, 0.3) is 0 Å². The smallest absolute Gasteiger partial charge is 0.146 e. The molecule has 3 aromatic rings. The second-order valence-corrected chi connectivity index (χ2v) is 12.2. The van der Waals surface area contributed by atoms with Crippen LogP contribution in [0.3, 0.4) is 0 Å². The van der Waals surface area contributed by atoms with Crippen LogP contribution in [-0.2, 0) is 30.7 Å². The molecule has 9 heteroatoms. The van der Waals surface area contributed by atoms with Crippen LogP contribution in [-0.4, -0.2) is 77.2 Å². The zero-order valence-electron chi connectivity index (χ0n) is 20.3. The van der Waals surface area contributed by atoms with Crippen molar-refractivity contribution >= 4 is 38.7 Å². The van der Waals surface area contributed by atoms with E-state index in [-0.39, 0.29) is 0 Å². The largest absolute Gasteiger partial charge is 0.379 e. The maximum Gasteiger partial charge on any atom is 0.146 e. The van der Waals surface area contributed by atoms with Gasteiger partial charge in [0.15, 0.2) is 0 Å². The van der Waals surface area contributed by atoms with Crippen molar-refractivity contribution in [3.63, 3.8) is 0 Å². The van der Waals surface area contributed by atoms with Gasteiger partial charge in [-0.05, 0) is 37.7 Å². The van der Waals surface area contributed by atoms with E-state index < -0.39 is 0 Å². The van der Waals surface area contributed by atoms with Crippen molar-refractivity contribution in [3.8, 4) is 0 Å². The fraction of sp³-hybridized carbons (Fsp3) is 0.640. The number of aromatic nitrogens is 3. The minimum atomic E-state index is 0.766. The van der Waals surface area contributed by atoms with Gasteiger partial charge in [-0.1, -0.05) is 6.92 Å². The molecule has 34 heavy (non-hydrogen) atoms. The molecule has 3 aliphatic rings. The molecular formula is C25H34N6OS2. The van der Waals surface area contributed by atoms with Crippen molar-refractivity contribution in [2.75, 3.05) is 57.4 Å². The Balaban J connectivity index is 1.27. The third kappa shape index (κ3) is 4.73. The number of rotatable bonds is 5. The average molecular weight is 499 g/mol. The van der Waals surface area contributed by atoms with Crippen molar-refractivity contribution in [1.82, 2.24) is 24.8 Å². The minimum absolute atomic E-state index is 0.766.